The van der Waals surface area contributed by atoms with Gasteiger partial charge in [-0.25, -0.2) is 4.99 Å². The lowest BCUT2D eigenvalue weighted by Gasteiger charge is -2.23. The van der Waals surface area contributed by atoms with Crippen molar-refractivity contribution in [3.05, 3.63) is 0 Å². The van der Waals surface area contributed by atoms with Gasteiger partial charge in [0.25, 0.3) is 6.23 Å². The van der Waals surface area contributed by atoms with E-state index in [1.165, 1.54) is 25.0 Å². The number of amides is 1. The lowest BCUT2D eigenvalue weighted by Crippen LogP contribution is -2.83. The van der Waals surface area contributed by atoms with Crippen LogP contribution in [0.25, 0.3) is 0 Å². The fourth-order valence-electron chi connectivity index (χ4n) is 2.94. The minimum absolute atomic E-state index is 0.236. The Balaban J connectivity index is 0.00000211. The Morgan fingerprint density at radius 2 is 1.59 bits per heavy atom. The van der Waals surface area contributed by atoms with Crippen LogP contribution in [0.2, 0.25) is 0 Å². The van der Waals surface area contributed by atoms with E-state index in [0.717, 1.165) is 12.8 Å². The van der Waals surface area contributed by atoms with Gasteiger partial charge in [-0.05, 0) is 12.8 Å². The van der Waals surface area contributed by atoms with Crippen LogP contribution >= 0.6 is 0 Å². The largest absolute Gasteiger partial charge is 0.369 e. The molecule has 1 rings (SSSR count). The van der Waals surface area contributed by atoms with E-state index in [0.29, 0.717) is 11.8 Å². The summed E-state index contributed by atoms with van der Waals surface area (Å²) >= 11 is 0. The Hall–Kier alpha value is -0.900. The molecule has 0 aromatic carbocycles. The third-order valence-electron chi connectivity index (χ3n) is 3.87. The molecule has 3 N–H and O–H groups in total. The smallest absolute Gasteiger partial charge is 0.264 e. The number of nitrogens with two attached hydrogens (primary N) is 1. The molecule has 0 heterocycles. The lowest BCUT2D eigenvalue weighted by atomic mass is 9.97. The van der Waals surface area contributed by atoms with E-state index in [1.807, 2.05) is 13.8 Å². The molecule has 0 aliphatic heterocycles. The molecular weight excluding hydrogens is 276 g/mol. The van der Waals surface area contributed by atoms with Crippen molar-refractivity contribution in [2.75, 3.05) is 0 Å². The van der Waals surface area contributed by atoms with Gasteiger partial charge in [0.1, 0.15) is 6.42 Å². The standard InChI is InChI=1S/C16H30N2O2.C2H6/c1-11(2)16(12(3)4)18-15(10-14(17)19)20-13-8-6-5-7-9-13;1-2/h11-13,15H,5-10H2,1-4H3,(H2,17,19);1-2H3/p+1. The second-order valence-corrected chi connectivity index (χ2v) is 6.46. The van der Waals surface area contributed by atoms with Gasteiger partial charge >= 0.3 is 0 Å². The van der Waals surface area contributed by atoms with Crippen LogP contribution in [-0.2, 0) is 9.53 Å². The average Bonchev–Trinajstić information content (AvgIpc) is 2.46. The topological polar surface area (TPSA) is 66.3 Å². The van der Waals surface area contributed by atoms with E-state index in [2.05, 4.69) is 32.7 Å². The van der Waals surface area contributed by atoms with Gasteiger partial charge in [0.2, 0.25) is 5.91 Å². The quantitative estimate of drug-likeness (QED) is 0.560. The van der Waals surface area contributed by atoms with Gasteiger partial charge in [-0.2, -0.15) is 0 Å². The Morgan fingerprint density at radius 1 is 1.09 bits per heavy atom. The zero-order valence-electron chi connectivity index (χ0n) is 15.4. The Morgan fingerprint density at radius 3 is 2.00 bits per heavy atom. The van der Waals surface area contributed by atoms with Crippen molar-refractivity contribution in [3.63, 3.8) is 0 Å². The first kappa shape index (κ1) is 21.1. The molecule has 4 heteroatoms. The van der Waals surface area contributed by atoms with Crippen molar-refractivity contribution in [3.8, 4) is 0 Å². The van der Waals surface area contributed by atoms with Crippen molar-refractivity contribution >= 4 is 11.6 Å². The summed E-state index contributed by atoms with van der Waals surface area (Å²) in [5, 5.41) is 0. The van der Waals surface area contributed by atoms with Crippen molar-refractivity contribution in [2.24, 2.45) is 17.6 Å². The molecule has 1 aliphatic carbocycles. The molecule has 0 bridgehead atoms. The number of nitrogens with one attached hydrogen (secondary N) is 1. The summed E-state index contributed by atoms with van der Waals surface area (Å²) in [7, 11) is 0. The van der Waals surface area contributed by atoms with E-state index in [-0.39, 0.29) is 24.7 Å². The summed E-state index contributed by atoms with van der Waals surface area (Å²) in [4.78, 5) is 14.7. The third-order valence-corrected chi connectivity index (χ3v) is 3.87. The first-order valence-corrected chi connectivity index (χ1v) is 8.97. The Labute approximate surface area is 136 Å². The number of carbonyl (C=O) groups is 1. The van der Waals surface area contributed by atoms with Crippen LogP contribution in [-0.4, -0.2) is 24.0 Å². The molecule has 130 valence electrons. The second kappa shape index (κ2) is 11.6. The van der Waals surface area contributed by atoms with Crippen molar-refractivity contribution in [2.45, 2.75) is 92.4 Å². The monoisotopic (exact) mass is 313 g/mol. The molecule has 4 nitrogen and oxygen atoms in total. The first-order valence-electron chi connectivity index (χ1n) is 8.97. The summed E-state index contributed by atoms with van der Waals surface area (Å²) in [5.41, 5.74) is 6.59. The Bertz CT molecular complexity index is 322. The maximum atomic E-state index is 11.3. The van der Waals surface area contributed by atoms with Gasteiger partial charge in [-0.1, -0.05) is 60.8 Å². The van der Waals surface area contributed by atoms with Gasteiger partial charge in [-0.15, -0.1) is 0 Å². The fourth-order valence-corrected chi connectivity index (χ4v) is 2.94. The van der Waals surface area contributed by atoms with Crippen molar-refractivity contribution in [1.82, 2.24) is 0 Å². The number of primary amides is 1. The molecule has 0 spiro atoms. The highest BCUT2D eigenvalue weighted by molar-refractivity contribution is 5.82. The van der Waals surface area contributed by atoms with Gasteiger partial charge < -0.3 is 10.5 Å². The third kappa shape index (κ3) is 8.52. The van der Waals surface area contributed by atoms with E-state index >= 15 is 0 Å². The summed E-state index contributed by atoms with van der Waals surface area (Å²) in [5.74, 6) is 0.519. The first-order chi connectivity index (χ1) is 10.4. The molecule has 0 saturated heterocycles. The molecule has 1 fully saturated rings. The van der Waals surface area contributed by atoms with Crippen LogP contribution in [0.15, 0.2) is 0 Å². The van der Waals surface area contributed by atoms with Crippen molar-refractivity contribution < 1.29 is 14.5 Å². The van der Waals surface area contributed by atoms with Gasteiger partial charge in [0, 0.05) is 11.8 Å². The van der Waals surface area contributed by atoms with Crippen LogP contribution < -0.4 is 10.7 Å². The van der Waals surface area contributed by atoms with E-state index in [4.69, 9.17) is 10.5 Å². The van der Waals surface area contributed by atoms with E-state index in [9.17, 15) is 4.79 Å². The molecule has 0 aromatic heterocycles. The zero-order valence-corrected chi connectivity index (χ0v) is 15.4. The molecular formula is C18H37N2O2+. The van der Waals surface area contributed by atoms with E-state index < -0.39 is 0 Å². The molecule has 1 aliphatic rings. The van der Waals surface area contributed by atoms with Crippen LogP contribution in [0, 0.1) is 11.8 Å². The van der Waals surface area contributed by atoms with Gasteiger partial charge in [0.05, 0.1) is 6.10 Å². The lowest BCUT2D eigenvalue weighted by molar-refractivity contribution is -0.569. The normalized spacial score (nSPS) is 16.9. The maximum absolute atomic E-state index is 11.3. The minimum Gasteiger partial charge on any atom is -0.369 e. The molecule has 1 atom stereocenters. The highest BCUT2D eigenvalue weighted by Crippen LogP contribution is 2.21. The van der Waals surface area contributed by atoms with Crippen LogP contribution in [0.3, 0.4) is 0 Å². The molecule has 1 unspecified atom stereocenters. The number of hydrogen-bond donors (Lipinski definition) is 2. The summed E-state index contributed by atoms with van der Waals surface area (Å²) in [6.45, 7) is 12.6. The van der Waals surface area contributed by atoms with Crippen LogP contribution in [0.5, 0.6) is 0 Å². The highest BCUT2D eigenvalue weighted by atomic mass is 16.5. The number of hydrogen-bond acceptors (Lipinski definition) is 2. The summed E-state index contributed by atoms with van der Waals surface area (Å²) < 4.78 is 6.10. The molecule has 0 radical (unpaired) electrons. The molecule has 22 heavy (non-hydrogen) atoms. The summed E-state index contributed by atoms with van der Waals surface area (Å²) in [6, 6.07) is 0. The maximum Gasteiger partial charge on any atom is 0.264 e. The number of carbonyl (C=O) groups excluding carboxylic acids is 1. The van der Waals surface area contributed by atoms with Gasteiger partial charge in [0.15, 0.2) is 5.71 Å². The highest BCUT2D eigenvalue weighted by Gasteiger charge is 2.26. The molecule has 1 saturated carbocycles. The second-order valence-electron chi connectivity index (χ2n) is 6.46. The number of ether oxygens (including phenoxy) is 1. The van der Waals surface area contributed by atoms with E-state index in [1.54, 1.807) is 0 Å². The predicted molar refractivity (Wildman–Crippen MR) is 92.6 cm³/mol. The van der Waals surface area contributed by atoms with Crippen LogP contribution in [0.1, 0.15) is 80.1 Å². The van der Waals surface area contributed by atoms with Gasteiger partial charge in [-0.3, -0.25) is 4.79 Å². The fraction of sp³-hybridized carbons (Fsp3) is 0.889. The van der Waals surface area contributed by atoms with Crippen molar-refractivity contribution in [1.29, 1.82) is 0 Å². The Kier molecular flexibility index (Phi) is 11.2. The summed E-state index contributed by atoms with van der Waals surface area (Å²) in [6.07, 6.45) is 6.14. The molecule has 1 amide bonds. The zero-order chi connectivity index (χ0) is 17.1. The molecule has 0 aromatic rings. The van der Waals surface area contributed by atoms with Crippen LogP contribution in [0.4, 0.5) is 0 Å². The minimum atomic E-state index is -0.315. The number of rotatable bonds is 7. The predicted octanol–water partition coefficient (Wildman–Crippen LogP) is 2.40. The average molecular weight is 314 g/mol. The SMILES string of the molecule is CC.CC(C)C(=[NH+]C(CC(N)=O)OC1CCCCC1)C(C)C.